The maximum absolute atomic E-state index is 13.7. The minimum atomic E-state index is -0.412. The number of pyridine rings is 1. The van der Waals surface area contributed by atoms with Gasteiger partial charge in [-0.15, -0.1) is 0 Å². The predicted molar refractivity (Wildman–Crippen MR) is 70.6 cm³/mol. The van der Waals surface area contributed by atoms with E-state index in [-0.39, 0.29) is 5.75 Å². The molecule has 0 unspecified atom stereocenters. The van der Waals surface area contributed by atoms with Crippen LogP contribution in [0.4, 0.5) is 4.39 Å². The molecule has 2 heterocycles. The van der Waals surface area contributed by atoms with Crippen LogP contribution in [0.25, 0.3) is 22.6 Å². The number of fused-ring (bicyclic) bond motifs is 1. The van der Waals surface area contributed by atoms with Crippen molar-refractivity contribution in [2.75, 3.05) is 7.11 Å². The molecule has 0 spiro atoms. The van der Waals surface area contributed by atoms with Gasteiger partial charge < -0.3 is 9.72 Å². The number of hydrogen-bond donors (Lipinski definition) is 1. The molecule has 3 rings (SSSR count). The Balaban J connectivity index is 2.11. The lowest BCUT2D eigenvalue weighted by Crippen LogP contribution is -1.89. The fourth-order valence-electron chi connectivity index (χ4n) is 1.94. The normalized spacial score (nSPS) is 10.9. The van der Waals surface area contributed by atoms with E-state index >= 15 is 0 Å². The van der Waals surface area contributed by atoms with Gasteiger partial charge in [0.2, 0.25) is 0 Å². The monoisotopic (exact) mass is 257 g/mol. The Hall–Kier alpha value is -2.43. The first-order chi connectivity index (χ1) is 9.17. The van der Waals surface area contributed by atoms with Crippen molar-refractivity contribution in [2.45, 2.75) is 6.92 Å². The average Bonchev–Trinajstić information content (AvgIpc) is 2.81. The van der Waals surface area contributed by atoms with Crippen LogP contribution in [-0.4, -0.2) is 22.1 Å². The smallest absolute Gasteiger partial charge is 0.178 e. The van der Waals surface area contributed by atoms with Gasteiger partial charge in [-0.1, -0.05) is 0 Å². The second-order valence-corrected chi connectivity index (χ2v) is 4.26. The van der Waals surface area contributed by atoms with Crippen LogP contribution in [0.15, 0.2) is 30.3 Å². The van der Waals surface area contributed by atoms with Crippen LogP contribution < -0.4 is 4.74 Å². The lowest BCUT2D eigenvalue weighted by Gasteiger charge is -2.02. The van der Waals surface area contributed by atoms with Gasteiger partial charge in [-0.05, 0) is 37.3 Å². The van der Waals surface area contributed by atoms with Gasteiger partial charge in [-0.25, -0.2) is 14.4 Å². The number of halogens is 1. The lowest BCUT2D eigenvalue weighted by molar-refractivity contribution is 0.386. The zero-order chi connectivity index (χ0) is 13.4. The number of nitrogens with one attached hydrogen (secondary N) is 1. The summed E-state index contributed by atoms with van der Waals surface area (Å²) in [4.78, 5) is 11.8. The van der Waals surface area contributed by atoms with Crippen LogP contribution >= 0.6 is 0 Å². The Kier molecular flexibility index (Phi) is 2.67. The zero-order valence-electron chi connectivity index (χ0n) is 10.6. The summed E-state index contributed by atoms with van der Waals surface area (Å²) in [7, 11) is 1.44. The first-order valence-electron chi connectivity index (χ1n) is 5.84. The third-order valence-corrected chi connectivity index (χ3v) is 2.91. The summed E-state index contributed by atoms with van der Waals surface area (Å²) in [6.45, 7) is 1.90. The number of nitrogens with zero attached hydrogens (tertiary/aromatic N) is 2. The molecule has 0 saturated carbocycles. The largest absolute Gasteiger partial charge is 0.494 e. The molecule has 0 atom stereocenters. The number of benzene rings is 1. The van der Waals surface area contributed by atoms with Crippen LogP contribution in [0.2, 0.25) is 0 Å². The molecule has 5 heteroatoms. The molecule has 0 amide bonds. The lowest BCUT2D eigenvalue weighted by atomic mass is 10.2. The summed E-state index contributed by atoms with van der Waals surface area (Å²) >= 11 is 0. The first kappa shape index (κ1) is 11.6. The molecule has 0 fully saturated rings. The molecule has 1 aromatic carbocycles. The van der Waals surface area contributed by atoms with Crippen molar-refractivity contribution in [3.05, 3.63) is 41.8 Å². The second-order valence-electron chi connectivity index (χ2n) is 4.26. The maximum atomic E-state index is 13.7. The molecule has 4 nitrogen and oxygen atoms in total. The summed E-state index contributed by atoms with van der Waals surface area (Å²) in [5.74, 6) is 0.396. The van der Waals surface area contributed by atoms with Crippen LogP contribution in [0.3, 0.4) is 0 Å². The Labute approximate surface area is 109 Å². The number of aryl methyl sites for hydroxylation is 1. The van der Waals surface area contributed by atoms with Gasteiger partial charge in [0.25, 0.3) is 0 Å². The van der Waals surface area contributed by atoms with Gasteiger partial charge >= 0.3 is 0 Å². The van der Waals surface area contributed by atoms with Crippen molar-refractivity contribution in [3.8, 4) is 17.1 Å². The molecule has 0 radical (unpaired) electrons. The number of methoxy groups -OCH3 is 1. The highest BCUT2D eigenvalue weighted by atomic mass is 19.1. The number of rotatable bonds is 2. The highest BCUT2D eigenvalue weighted by molar-refractivity contribution is 5.76. The van der Waals surface area contributed by atoms with Crippen LogP contribution in [0.5, 0.6) is 5.75 Å². The van der Waals surface area contributed by atoms with Crippen molar-refractivity contribution in [2.24, 2.45) is 0 Å². The van der Waals surface area contributed by atoms with E-state index in [2.05, 4.69) is 15.0 Å². The number of H-pyrrole nitrogens is 1. The van der Waals surface area contributed by atoms with Gasteiger partial charge in [-0.3, -0.25) is 0 Å². The van der Waals surface area contributed by atoms with Crippen LogP contribution in [0.1, 0.15) is 5.69 Å². The van der Waals surface area contributed by atoms with Gasteiger partial charge in [0.05, 0.1) is 12.6 Å². The zero-order valence-corrected chi connectivity index (χ0v) is 10.6. The van der Waals surface area contributed by atoms with E-state index in [0.29, 0.717) is 17.0 Å². The third kappa shape index (κ3) is 2.03. The Morgan fingerprint density at radius 2 is 2.00 bits per heavy atom. The van der Waals surface area contributed by atoms with Crippen molar-refractivity contribution in [1.82, 2.24) is 15.0 Å². The molecule has 0 saturated heterocycles. The standard InChI is InChI=1S/C14H12FN3O/c1-8-3-5-11-14(16-8)18-13(17-11)9-4-6-12(19-2)10(15)7-9/h3-7H,1-2H3,(H,16,17,18). The predicted octanol–water partition coefficient (Wildman–Crippen LogP) is 3.08. The first-order valence-corrected chi connectivity index (χ1v) is 5.84. The van der Waals surface area contributed by atoms with E-state index in [1.54, 1.807) is 12.1 Å². The molecule has 2 aromatic heterocycles. The second kappa shape index (κ2) is 4.35. The summed E-state index contributed by atoms with van der Waals surface area (Å²) in [6.07, 6.45) is 0. The molecule has 1 N–H and O–H groups in total. The Bertz CT molecular complexity index is 752. The number of ether oxygens (including phenoxy) is 1. The van der Waals surface area contributed by atoms with Gasteiger partial charge in [0.1, 0.15) is 5.82 Å². The summed E-state index contributed by atoms with van der Waals surface area (Å²) in [5, 5.41) is 0. The number of aromatic amines is 1. The maximum Gasteiger partial charge on any atom is 0.178 e. The molecular weight excluding hydrogens is 245 g/mol. The third-order valence-electron chi connectivity index (χ3n) is 2.91. The van der Waals surface area contributed by atoms with Crippen molar-refractivity contribution < 1.29 is 9.13 Å². The minimum absolute atomic E-state index is 0.217. The molecule has 0 aliphatic carbocycles. The SMILES string of the molecule is COc1ccc(-c2nc3nc(C)ccc3[nH]2)cc1F. The van der Waals surface area contributed by atoms with E-state index in [4.69, 9.17) is 4.74 Å². The van der Waals surface area contributed by atoms with E-state index in [1.165, 1.54) is 13.2 Å². The average molecular weight is 257 g/mol. The number of hydrogen-bond acceptors (Lipinski definition) is 3. The summed E-state index contributed by atoms with van der Waals surface area (Å²) in [5.41, 5.74) is 3.02. The number of aromatic nitrogens is 3. The van der Waals surface area contributed by atoms with Crippen molar-refractivity contribution in [1.29, 1.82) is 0 Å². The quantitative estimate of drug-likeness (QED) is 0.767. The van der Waals surface area contributed by atoms with Gasteiger partial charge in [0.15, 0.2) is 17.2 Å². The van der Waals surface area contributed by atoms with E-state index in [9.17, 15) is 4.39 Å². The van der Waals surface area contributed by atoms with Gasteiger partial charge in [0, 0.05) is 11.3 Å². The number of imidazole rings is 1. The molecule has 96 valence electrons. The van der Waals surface area contributed by atoms with E-state index in [1.807, 2.05) is 19.1 Å². The van der Waals surface area contributed by atoms with Crippen molar-refractivity contribution in [3.63, 3.8) is 0 Å². The van der Waals surface area contributed by atoms with Crippen molar-refractivity contribution >= 4 is 11.2 Å². The highest BCUT2D eigenvalue weighted by Crippen LogP contribution is 2.25. The van der Waals surface area contributed by atoms with Gasteiger partial charge in [-0.2, -0.15) is 0 Å². The fraction of sp³-hybridized carbons (Fsp3) is 0.143. The van der Waals surface area contributed by atoms with E-state index < -0.39 is 5.82 Å². The van der Waals surface area contributed by atoms with Crippen LogP contribution in [-0.2, 0) is 0 Å². The summed E-state index contributed by atoms with van der Waals surface area (Å²) in [6, 6.07) is 8.54. The fourth-order valence-corrected chi connectivity index (χ4v) is 1.94. The molecule has 0 aliphatic rings. The highest BCUT2D eigenvalue weighted by Gasteiger charge is 2.09. The van der Waals surface area contributed by atoms with Crippen LogP contribution in [0, 0.1) is 12.7 Å². The molecule has 3 aromatic rings. The Morgan fingerprint density at radius 1 is 1.16 bits per heavy atom. The molecule has 19 heavy (non-hydrogen) atoms. The molecular formula is C14H12FN3O. The van der Waals surface area contributed by atoms with E-state index in [0.717, 1.165) is 11.2 Å². The Morgan fingerprint density at radius 3 is 2.74 bits per heavy atom. The summed E-state index contributed by atoms with van der Waals surface area (Å²) < 4.78 is 18.6. The topological polar surface area (TPSA) is 50.8 Å². The molecule has 0 bridgehead atoms. The molecule has 0 aliphatic heterocycles. The minimum Gasteiger partial charge on any atom is -0.494 e.